The van der Waals surface area contributed by atoms with Gasteiger partial charge < -0.3 is 16.4 Å². The van der Waals surface area contributed by atoms with Crippen LogP contribution in [0.2, 0.25) is 0 Å². The van der Waals surface area contributed by atoms with Crippen LogP contribution in [0.3, 0.4) is 0 Å². The van der Waals surface area contributed by atoms with Crippen molar-refractivity contribution in [1.29, 1.82) is 0 Å². The van der Waals surface area contributed by atoms with Gasteiger partial charge in [0.05, 0.1) is 11.3 Å². The first-order valence-electron chi connectivity index (χ1n) is 8.57. The molecule has 1 unspecified atom stereocenters. The summed E-state index contributed by atoms with van der Waals surface area (Å²) in [4.78, 5) is 24.7. The van der Waals surface area contributed by atoms with Gasteiger partial charge in [-0.15, -0.1) is 12.4 Å². The third-order valence-electron chi connectivity index (χ3n) is 4.07. The van der Waals surface area contributed by atoms with Gasteiger partial charge in [-0.05, 0) is 30.0 Å². The lowest BCUT2D eigenvalue weighted by Gasteiger charge is -2.16. The Morgan fingerprint density at radius 2 is 1.69 bits per heavy atom. The zero-order chi connectivity index (χ0) is 18.1. The lowest BCUT2D eigenvalue weighted by molar-refractivity contribution is -0.116. The smallest absolute Gasteiger partial charge is 0.253 e. The number of anilines is 1. The summed E-state index contributed by atoms with van der Waals surface area (Å²) in [6, 6.07) is 17.0. The van der Waals surface area contributed by atoms with Crippen LogP contribution in [0.4, 0.5) is 5.69 Å². The SMILES string of the molecule is CCC(CC(=O)Nc1ccccc1C(=O)NCCN)c1ccccc1.Cl. The van der Waals surface area contributed by atoms with Crippen molar-refractivity contribution in [3.05, 3.63) is 65.7 Å². The number of carbonyl (C=O) groups excluding carboxylic acids is 2. The summed E-state index contributed by atoms with van der Waals surface area (Å²) in [5, 5.41) is 5.60. The third-order valence-corrected chi connectivity index (χ3v) is 4.07. The van der Waals surface area contributed by atoms with E-state index >= 15 is 0 Å². The highest BCUT2D eigenvalue weighted by Crippen LogP contribution is 2.24. The predicted octanol–water partition coefficient (Wildman–Crippen LogP) is 3.32. The molecule has 0 aliphatic carbocycles. The monoisotopic (exact) mass is 375 g/mol. The number of para-hydroxylation sites is 1. The minimum atomic E-state index is -0.239. The summed E-state index contributed by atoms with van der Waals surface area (Å²) < 4.78 is 0. The maximum atomic E-state index is 12.5. The summed E-state index contributed by atoms with van der Waals surface area (Å²) in [5.41, 5.74) is 7.52. The van der Waals surface area contributed by atoms with Crippen LogP contribution in [-0.2, 0) is 4.79 Å². The zero-order valence-electron chi connectivity index (χ0n) is 14.9. The lowest BCUT2D eigenvalue weighted by Crippen LogP contribution is -2.30. The molecule has 1 atom stereocenters. The molecule has 6 heteroatoms. The van der Waals surface area contributed by atoms with Gasteiger partial charge in [-0.3, -0.25) is 9.59 Å². The van der Waals surface area contributed by atoms with Gasteiger partial charge >= 0.3 is 0 Å². The Hall–Kier alpha value is -2.37. The molecule has 0 aliphatic rings. The van der Waals surface area contributed by atoms with E-state index in [-0.39, 0.29) is 30.1 Å². The second-order valence-corrected chi connectivity index (χ2v) is 5.86. The van der Waals surface area contributed by atoms with Gasteiger partial charge in [0.1, 0.15) is 0 Å². The Kier molecular flexibility index (Phi) is 9.41. The van der Waals surface area contributed by atoms with Crippen molar-refractivity contribution in [2.75, 3.05) is 18.4 Å². The molecule has 0 spiro atoms. The van der Waals surface area contributed by atoms with Crippen LogP contribution in [0.1, 0.15) is 41.6 Å². The van der Waals surface area contributed by atoms with E-state index in [4.69, 9.17) is 5.73 Å². The average molecular weight is 376 g/mol. The molecule has 0 radical (unpaired) electrons. The number of carbonyl (C=O) groups is 2. The summed E-state index contributed by atoms with van der Waals surface area (Å²) in [6.45, 7) is 2.84. The van der Waals surface area contributed by atoms with E-state index in [0.29, 0.717) is 30.8 Å². The second kappa shape index (κ2) is 11.3. The molecule has 0 aliphatic heterocycles. The molecule has 140 valence electrons. The van der Waals surface area contributed by atoms with Crippen LogP contribution in [0.25, 0.3) is 0 Å². The van der Waals surface area contributed by atoms with Crippen molar-refractivity contribution in [1.82, 2.24) is 5.32 Å². The number of amides is 2. The van der Waals surface area contributed by atoms with Crippen LogP contribution < -0.4 is 16.4 Å². The van der Waals surface area contributed by atoms with Gasteiger partial charge in [-0.2, -0.15) is 0 Å². The summed E-state index contributed by atoms with van der Waals surface area (Å²) in [5.74, 6) is -0.189. The highest BCUT2D eigenvalue weighted by Gasteiger charge is 2.17. The van der Waals surface area contributed by atoms with Gasteiger partial charge in [-0.25, -0.2) is 0 Å². The van der Waals surface area contributed by atoms with Crippen LogP contribution in [0.15, 0.2) is 54.6 Å². The molecule has 0 aromatic heterocycles. The Morgan fingerprint density at radius 1 is 1.04 bits per heavy atom. The number of halogens is 1. The van der Waals surface area contributed by atoms with Crippen LogP contribution in [0, 0.1) is 0 Å². The molecule has 2 aromatic carbocycles. The van der Waals surface area contributed by atoms with Gasteiger partial charge in [0.2, 0.25) is 5.91 Å². The predicted molar refractivity (Wildman–Crippen MR) is 108 cm³/mol. The van der Waals surface area contributed by atoms with E-state index in [1.165, 1.54) is 0 Å². The fourth-order valence-corrected chi connectivity index (χ4v) is 2.72. The first kappa shape index (κ1) is 21.7. The van der Waals surface area contributed by atoms with E-state index in [1.807, 2.05) is 30.3 Å². The minimum Gasteiger partial charge on any atom is -0.351 e. The molecule has 0 fully saturated rings. The maximum absolute atomic E-state index is 12.5. The molecule has 2 rings (SSSR count). The number of benzene rings is 2. The van der Waals surface area contributed by atoms with Gasteiger partial charge in [-0.1, -0.05) is 49.4 Å². The lowest BCUT2D eigenvalue weighted by atomic mass is 9.93. The Labute approximate surface area is 160 Å². The molecule has 2 amide bonds. The maximum Gasteiger partial charge on any atom is 0.253 e. The number of hydrogen-bond donors (Lipinski definition) is 3. The molecule has 0 heterocycles. The normalized spacial score (nSPS) is 11.2. The van der Waals surface area contributed by atoms with Crippen molar-refractivity contribution < 1.29 is 9.59 Å². The number of rotatable bonds is 8. The van der Waals surface area contributed by atoms with Crippen molar-refractivity contribution in [2.45, 2.75) is 25.7 Å². The molecule has 0 saturated heterocycles. The fraction of sp³-hybridized carbons (Fsp3) is 0.300. The highest BCUT2D eigenvalue weighted by atomic mass is 35.5. The van der Waals surface area contributed by atoms with E-state index in [2.05, 4.69) is 17.6 Å². The van der Waals surface area contributed by atoms with Crippen molar-refractivity contribution in [2.24, 2.45) is 5.73 Å². The summed E-state index contributed by atoms with van der Waals surface area (Å²) in [6.07, 6.45) is 1.25. The third kappa shape index (κ3) is 6.17. The van der Waals surface area contributed by atoms with Gasteiger partial charge in [0.25, 0.3) is 5.91 Å². The second-order valence-electron chi connectivity index (χ2n) is 5.86. The van der Waals surface area contributed by atoms with Gasteiger partial charge in [0.15, 0.2) is 0 Å². The average Bonchev–Trinajstić information content (AvgIpc) is 2.65. The minimum absolute atomic E-state index is 0. The number of nitrogens with two attached hydrogens (primary N) is 1. The first-order chi connectivity index (χ1) is 12.2. The van der Waals surface area contributed by atoms with Gasteiger partial charge in [0, 0.05) is 19.5 Å². The van der Waals surface area contributed by atoms with Crippen LogP contribution in [-0.4, -0.2) is 24.9 Å². The Bertz CT molecular complexity index is 707. The molecule has 0 saturated carbocycles. The molecule has 2 aromatic rings. The summed E-state index contributed by atoms with van der Waals surface area (Å²) in [7, 11) is 0. The van der Waals surface area contributed by atoms with E-state index < -0.39 is 0 Å². The van der Waals surface area contributed by atoms with E-state index in [1.54, 1.807) is 24.3 Å². The van der Waals surface area contributed by atoms with Crippen LogP contribution in [0.5, 0.6) is 0 Å². The molecule has 4 N–H and O–H groups in total. The van der Waals surface area contributed by atoms with Crippen molar-refractivity contribution >= 4 is 29.9 Å². The molecular formula is C20H26ClN3O2. The number of nitrogens with one attached hydrogen (secondary N) is 2. The van der Waals surface area contributed by atoms with Crippen molar-refractivity contribution in [3.63, 3.8) is 0 Å². The number of hydrogen-bond acceptors (Lipinski definition) is 3. The largest absolute Gasteiger partial charge is 0.351 e. The Balaban J connectivity index is 0.00000338. The Morgan fingerprint density at radius 3 is 2.35 bits per heavy atom. The molecule has 26 heavy (non-hydrogen) atoms. The molecule has 5 nitrogen and oxygen atoms in total. The fourth-order valence-electron chi connectivity index (χ4n) is 2.72. The van der Waals surface area contributed by atoms with E-state index in [0.717, 1.165) is 12.0 Å². The van der Waals surface area contributed by atoms with Crippen LogP contribution >= 0.6 is 12.4 Å². The topological polar surface area (TPSA) is 84.2 Å². The highest BCUT2D eigenvalue weighted by molar-refractivity contribution is 6.03. The van der Waals surface area contributed by atoms with E-state index in [9.17, 15) is 9.59 Å². The molecule has 0 bridgehead atoms. The van der Waals surface area contributed by atoms with Crippen molar-refractivity contribution in [3.8, 4) is 0 Å². The molecular weight excluding hydrogens is 350 g/mol. The standard InChI is InChI=1S/C20H25N3O2.ClH/c1-2-15(16-8-4-3-5-9-16)14-19(24)23-18-11-7-6-10-17(18)20(25)22-13-12-21;/h3-11,15H,2,12-14,21H2,1H3,(H,22,25)(H,23,24);1H. The zero-order valence-corrected chi connectivity index (χ0v) is 15.7. The quantitative estimate of drug-likeness (QED) is 0.661. The summed E-state index contributed by atoms with van der Waals surface area (Å²) >= 11 is 0. The first-order valence-corrected chi connectivity index (χ1v) is 8.57.